The summed E-state index contributed by atoms with van der Waals surface area (Å²) < 4.78 is 6.68. The molecular weight excluding hydrogens is 355 g/mol. The number of hydrogen-bond donors (Lipinski definition) is 0. The summed E-state index contributed by atoms with van der Waals surface area (Å²) in [6.45, 7) is 5.15. The van der Waals surface area contributed by atoms with E-state index >= 15 is 0 Å². The fourth-order valence-corrected chi connectivity index (χ4v) is 4.58. The Bertz CT molecular complexity index is 187. The monoisotopic (exact) mass is 390 g/mol. The van der Waals surface area contributed by atoms with Crippen molar-refractivity contribution in [3.63, 3.8) is 0 Å². The maximum atomic E-state index is 11.6. The molecule has 0 aromatic carbocycles. The van der Waals surface area contributed by atoms with Gasteiger partial charge in [0.15, 0.2) is 0 Å². The number of ether oxygens (including phenoxy) is 1. The van der Waals surface area contributed by atoms with Gasteiger partial charge < -0.3 is 0 Å². The molecule has 0 fully saturated rings. The number of carbonyl (C=O) groups excluding carboxylic acids is 1. The van der Waals surface area contributed by atoms with Crippen LogP contribution in [-0.2, 0) is 4.74 Å². The van der Waals surface area contributed by atoms with Gasteiger partial charge in [-0.25, -0.2) is 0 Å². The van der Waals surface area contributed by atoms with Gasteiger partial charge in [-0.2, -0.15) is 0 Å². The molecule has 0 aliphatic heterocycles. The quantitative estimate of drug-likeness (QED) is 0.255. The molecule has 0 rings (SSSR count). The van der Waals surface area contributed by atoms with E-state index in [2.05, 4.69) is 13.8 Å². The minimum atomic E-state index is -0.887. The van der Waals surface area contributed by atoms with Crippen LogP contribution in [0, 0.1) is 0 Å². The zero-order valence-corrected chi connectivity index (χ0v) is 16.6. The van der Waals surface area contributed by atoms with Gasteiger partial charge in [0.25, 0.3) is 0 Å². The summed E-state index contributed by atoms with van der Waals surface area (Å²) in [5.41, 5.74) is 0. The molecule has 0 bridgehead atoms. The average molecular weight is 389 g/mol. The van der Waals surface area contributed by atoms with Crippen molar-refractivity contribution in [3.05, 3.63) is 0 Å². The summed E-state index contributed by atoms with van der Waals surface area (Å²) in [6, 6.07) is 0. The van der Waals surface area contributed by atoms with Crippen LogP contribution >= 0.6 is 0 Å². The van der Waals surface area contributed by atoms with Crippen LogP contribution in [0.5, 0.6) is 0 Å². The van der Waals surface area contributed by atoms with E-state index in [4.69, 9.17) is 4.74 Å². The molecule has 118 valence electrons. The Kier molecular flexibility index (Phi) is 17.6. The molecule has 0 unspecified atom stereocenters. The van der Waals surface area contributed by atoms with E-state index < -0.39 is 21.1 Å². The van der Waals surface area contributed by atoms with Crippen molar-refractivity contribution in [2.24, 2.45) is 0 Å². The first-order valence-electron chi connectivity index (χ1n) is 8.71. The van der Waals surface area contributed by atoms with Crippen LogP contribution < -0.4 is 0 Å². The molecule has 0 aromatic rings. The summed E-state index contributed by atoms with van der Waals surface area (Å²) >= 11 is -0.887. The first-order valence-corrected chi connectivity index (χ1v) is 12.2. The molecule has 20 heavy (non-hydrogen) atoms. The van der Waals surface area contributed by atoms with E-state index in [-0.39, 0.29) is 3.99 Å². The molecule has 0 aliphatic carbocycles. The zero-order chi connectivity index (χ0) is 14.9. The Labute approximate surface area is 136 Å². The zero-order valence-electron chi connectivity index (χ0n) is 13.7. The van der Waals surface area contributed by atoms with E-state index in [1.54, 1.807) is 0 Å². The predicted octanol–water partition coefficient (Wildman–Crippen LogP) is 5.97. The molecule has 0 aromatic heterocycles. The molecule has 0 aliphatic rings. The van der Waals surface area contributed by atoms with Gasteiger partial charge in [-0.1, -0.05) is 0 Å². The van der Waals surface area contributed by atoms with Crippen LogP contribution in [0.2, 0.25) is 4.44 Å². The maximum absolute atomic E-state index is 11.6. The van der Waals surface area contributed by atoms with Crippen molar-refractivity contribution in [3.8, 4) is 0 Å². The van der Waals surface area contributed by atoms with Crippen molar-refractivity contribution in [2.45, 2.75) is 95.3 Å². The van der Waals surface area contributed by atoms with E-state index in [1.807, 2.05) is 0 Å². The first-order chi connectivity index (χ1) is 9.81. The number of hydrogen-bond acceptors (Lipinski definition) is 2. The molecule has 0 amide bonds. The summed E-state index contributed by atoms with van der Waals surface area (Å²) in [5, 5.41) is 0. The standard InChI is InChI=1S/C9H17O2.C8H17.Sn/c1-2-3-4-5-6-7-8-11-9-10;1-3-5-7-8-6-4-2;/h2-8H2,1H3;1,3-8H2,2H3;. The molecule has 0 spiro atoms. The SMILES string of the molecule is CCCCCCCCO[C](=O)[Sn][CH2]CCCCCCC. The van der Waals surface area contributed by atoms with Gasteiger partial charge in [-0.15, -0.1) is 0 Å². The van der Waals surface area contributed by atoms with Crippen LogP contribution in [0.4, 0.5) is 4.79 Å². The van der Waals surface area contributed by atoms with Crippen LogP contribution in [0.3, 0.4) is 0 Å². The van der Waals surface area contributed by atoms with E-state index in [0.29, 0.717) is 6.61 Å². The first kappa shape index (κ1) is 20.3. The van der Waals surface area contributed by atoms with Crippen molar-refractivity contribution < 1.29 is 9.53 Å². The fourth-order valence-electron chi connectivity index (χ4n) is 2.19. The third kappa shape index (κ3) is 16.3. The van der Waals surface area contributed by atoms with Gasteiger partial charge >= 0.3 is 137 Å². The Hall–Kier alpha value is 0.269. The number of unbranched alkanes of at least 4 members (excludes halogenated alkanes) is 10. The van der Waals surface area contributed by atoms with E-state index in [1.165, 1.54) is 75.1 Å². The second-order valence-electron chi connectivity index (χ2n) is 5.60. The Morgan fingerprint density at radius 2 is 1.25 bits per heavy atom. The molecule has 0 saturated carbocycles. The molecule has 0 N–H and O–H groups in total. The molecule has 3 heteroatoms. The molecule has 0 heterocycles. The van der Waals surface area contributed by atoms with Crippen molar-refractivity contribution >= 4 is 25.1 Å². The molecular formula is C17H34O2Sn. The minimum absolute atomic E-state index is 0.177. The average Bonchev–Trinajstić information content (AvgIpc) is 2.45. The topological polar surface area (TPSA) is 26.3 Å². The van der Waals surface area contributed by atoms with Gasteiger partial charge in [-0.3, -0.25) is 0 Å². The second-order valence-corrected chi connectivity index (χ2v) is 9.20. The number of carbonyl (C=O) groups is 1. The van der Waals surface area contributed by atoms with E-state index in [9.17, 15) is 4.79 Å². The summed E-state index contributed by atoms with van der Waals surface area (Å²) in [7, 11) is 0. The molecule has 0 atom stereocenters. The van der Waals surface area contributed by atoms with Gasteiger partial charge in [0.05, 0.1) is 0 Å². The third-order valence-corrected chi connectivity index (χ3v) is 6.49. The van der Waals surface area contributed by atoms with Crippen molar-refractivity contribution in [1.29, 1.82) is 0 Å². The van der Waals surface area contributed by atoms with Crippen LogP contribution in [0.15, 0.2) is 0 Å². The fraction of sp³-hybridized carbons (Fsp3) is 0.941. The van der Waals surface area contributed by atoms with Crippen molar-refractivity contribution in [2.75, 3.05) is 6.61 Å². The van der Waals surface area contributed by atoms with Crippen LogP contribution in [0.1, 0.15) is 90.9 Å². The van der Waals surface area contributed by atoms with Crippen LogP contribution in [0.25, 0.3) is 0 Å². The predicted molar refractivity (Wildman–Crippen MR) is 88.7 cm³/mol. The molecule has 2 radical (unpaired) electrons. The number of rotatable bonds is 15. The summed E-state index contributed by atoms with van der Waals surface area (Å²) in [5.74, 6) is 0. The van der Waals surface area contributed by atoms with Gasteiger partial charge in [0.1, 0.15) is 0 Å². The summed E-state index contributed by atoms with van der Waals surface area (Å²) in [4.78, 5) is 11.6. The van der Waals surface area contributed by atoms with Gasteiger partial charge in [0.2, 0.25) is 0 Å². The van der Waals surface area contributed by atoms with Crippen molar-refractivity contribution in [1.82, 2.24) is 0 Å². The Morgan fingerprint density at radius 3 is 1.85 bits per heavy atom. The normalized spacial score (nSPS) is 10.7. The molecule has 2 nitrogen and oxygen atoms in total. The summed E-state index contributed by atoms with van der Waals surface area (Å²) in [6.07, 6.45) is 15.5. The third-order valence-electron chi connectivity index (χ3n) is 3.53. The second kappa shape index (κ2) is 17.3. The van der Waals surface area contributed by atoms with Crippen LogP contribution in [-0.4, -0.2) is 31.7 Å². The Balaban J connectivity index is 3.13. The molecule has 0 saturated heterocycles. The van der Waals surface area contributed by atoms with E-state index in [0.717, 1.165) is 6.42 Å². The van der Waals surface area contributed by atoms with Gasteiger partial charge in [0, 0.05) is 0 Å². The van der Waals surface area contributed by atoms with Gasteiger partial charge in [-0.05, 0) is 0 Å². The Morgan fingerprint density at radius 1 is 0.750 bits per heavy atom.